The number of hydrogen-bond acceptors (Lipinski definition) is 4. The van der Waals surface area contributed by atoms with Gasteiger partial charge in [0.15, 0.2) is 0 Å². The van der Waals surface area contributed by atoms with Crippen molar-refractivity contribution >= 4 is 27.3 Å². The summed E-state index contributed by atoms with van der Waals surface area (Å²) in [5, 5.41) is 3.52. The number of rotatable bonds is 7. The lowest BCUT2D eigenvalue weighted by Gasteiger charge is -2.13. The van der Waals surface area contributed by atoms with E-state index in [2.05, 4.69) is 40.3 Å². The van der Waals surface area contributed by atoms with E-state index in [0.717, 1.165) is 39.2 Å². The normalized spacial score (nSPS) is 21.3. The first-order valence-corrected chi connectivity index (χ1v) is 8.04. The van der Waals surface area contributed by atoms with Crippen molar-refractivity contribution in [3.05, 3.63) is 20.8 Å². The minimum Gasteiger partial charge on any atom is -0.379 e. The highest BCUT2D eigenvalue weighted by Gasteiger charge is 2.15. The Bertz CT molecular complexity index is 353. The lowest BCUT2D eigenvalue weighted by molar-refractivity contribution is 0.0414. The summed E-state index contributed by atoms with van der Waals surface area (Å²) in [5.74, 6) is 0. The van der Waals surface area contributed by atoms with Crippen molar-refractivity contribution in [1.82, 2.24) is 5.32 Å². The molecule has 0 bridgehead atoms. The van der Waals surface area contributed by atoms with E-state index in [0.29, 0.717) is 12.1 Å². The zero-order valence-corrected chi connectivity index (χ0v) is 13.1. The average Bonchev–Trinajstić information content (AvgIpc) is 2.99. The molecule has 0 radical (unpaired) electrons. The van der Waals surface area contributed by atoms with Crippen LogP contribution in [0.5, 0.6) is 0 Å². The lowest BCUT2D eigenvalue weighted by Crippen LogP contribution is -2.21. The zero-order valence-electron chi connectivity index (χ0n) is 10.7. The molecule has 18 heavy (non-hydrogen) atoms. The maximum absolute atomic E-state index is 5.72. The summed E-state index contributed by atoms with van der Waals surface area (Å²) in [6.45, 7) is 5.64. The molecule has 0 spiro atoms. The Balaban J connectivity index is 1.54. The molecule has 1 fully saturated rings. The van der Waals surface area contributed by atoms with Gasteiger partial charge in [-0.2, -0.15) is 0 Å². The molecule has 0 aliphatic carbocycles. The molecule has 1 aliphatic heterocycles. The number of ether oxygens (including phenoxy) is 2. The first-order valence-electron chi connectivity index (χ1n) is 6.43. The molecule has 5 heteroatoms. The van der Waals surface area contributed by atoms with Gasteiger partial charge in [-0.1, -0.05) is 0 Å². The minimum atomic E-state index is 0.329. The van der Waals surface area contributed by atoms with Crippen molar-refractivity contribution < 1.29 is 9.47 Å². The topological polar surface area (TPSA) is 30.5 Å². The number of halogens is 1. The Labute approximate surface area is 121 Å². The Morgan fingerprint density at radius 2 is 2.50 bits per heavy atom. The van der Waals surface area contributed by atoms with Crippen molar-refractivity contribution in [3.63, 3.8) is 0 Å². The zero-order chi connectivity index (χ0) is 12.8. The molecule has 3 nitrogen and oxygen atoms in total. The standard InChI is InChI=1S/C13H20BrNO2S/c1-10(12-3-4-13(14)18-12)15-6-2-7-17-11-5-8-16-9-11/h3-4,10-11,15H,2,5-9H2,1H3/t10-,11+/m1/s1. The van der Waals surface area contributed by atoms with Crippen LogP contribution in [0.1, 0.15) is 30.7 Å². The molecule has 1 N–H and O–H groups in total. The average molecular weight is 334 g/mol. The fourth-order valence-corrected chi connectivity index (χ4v) is 3.40. The van der Waals surface area contributed by atoms with E-state index in [1.165, 1.54) is 8.66 Å². The Morgan fingerprint density at radius 1 is 1.61 bits per heavy atom. The summed E-state index contributed by atoms with van der Waals surface area (Å²) in [6, 6.07) is 4.68. The molecule has 1 aromatic heterocycles. The summed E-state index contributed by atoms with van der Waals surface area (Å²) < 4.78 is 12.2. The van der Waals surface area contributed by atoms with Gasteiger partial charge in [-0.3, -0.25) is 0 Å². The molecule has 1 aromatic rings. The summed E-state index contributed by atoms with van der Waals surface area (Å²) in [4.78, 5) is 1.37. The predicted octanol–water partition coefficient (Wildman–Crippen LogP) is 3.36. The summed E-state index contributed by atoms with van der Waals surface area (Å²) in [7, 11) is 0. The second-order valence-corrected chi connectivity index (χ2v) is 7.02. The van der Waals surface area contributed by atoms with Gasteiger partial charge in [-0.25, -0.2) is 0 Å². The van der Waals surface area contributed by atoms with Crippen LogP contribution in [-0.4, -0.2) is 32.5 Å². The highest BCUT2D eigenvalue weighted by molar-refractivity contribution is 9.11. The van der Waals surface area contributed by atoms with Crippen LogP contribution >= 0.6 is 27.3 Å². The molecule has 0 unspecified atom stereocenters. The first-order chi connectivity index (χ1) is 8.75. The van der Waals surface area contributed by atoms with Crippen LogP contribution in [0, 0.1) is 0 Å². The number of nitrogens with one attached hydrogen (secondary N) is 1. The van der Waals surface area contributed by atoms with E-state index in [-0.39, 0.29) is 0 Å². The van der Waals surface area contributed by atoms with Crippen LogP contribution in [-0.2, 0) is 9.47 Å². The fourth-order valence-electron chi connectivity index (χ4n) is 1.95. The first kappa shape index (κ1) is 14.5. The molecule has 0 amide bonds. The SMILES string of the molecule is C[C@@H](NCCCO[C@H]1CCOC1)c1ccc(Br)s1. The van der Waals surface area contributed by atoms with Crippen LogP contribution < -0.4 is 5.32 Å². The Morgan fingerprint density at radius 3 is 3.17 bits per heavy atom. The van der Waals surface area contributed by atoms with E-state index in [1.54, 1.807) is 11.3 Å². The van der Waals surface area contributed by atoms with E-state index in [1.807, 2.05) is 0 Å². The van der Waals surface area contributed by atoms with Gasteiger partial charge >= 0.3 is 0 Å². The number of thiophene rings is 1. The lowest BCUT2D eigenvalue weighted by atomic mass is 10.2. The molecule has 102 valence electrons. The predicted molar refractivity (Wildman–Crippen MR) is 78.2 cm³/mol. The highest BCUT2D eigenvalue weighted by atomic mass is 79.9. The monoisotopic (exact) mass is 333 g/mol. The van der Waals surface area contributed by atoms with Crippen LogP contribution in [0.3, 0.4) is 0 Å². The third-order valence-electron chi connectivity index (χ3n) is 3.03. The van der Waals surface area contributed by atoms with Crippen molar-refractivity contribution in [2.75, 3.05) is 26.4 Å². The second-order valence-electron chi connectivity index (χ2n) is 4.53. The summed E-state index contributed by atoms with van der Waals surface area (Å²) in [5.41, 5.74) is 0. The molecule has 2 atom stereocenters. The maximum Gasteiger partial charge on any atom is 0.0830 e. The van der Waals surface area contributed by atoms with Crippen LogP contribution in [0.4, 0.5) is 0 Å². The van der Waals surface area contributed by atoms with Gasteiger partial charge in [0.2, 0.25) is 0 Å². The van der Waals surface area contributed by atoms with Gasteiger partial charge < -0.3 is 14.8 Å². The maximum atomic E-state index is 5.72. The van der Waals surface area contributed by atoms with Gasteiger partial charge in [0.05, 0.1) is 16.5 Å². The molecular weight excluding hydrogens is 314 g/mol. The van der Waals surface area contributed by atoms with Crippen molar-refractivity contribution in [2.45, 2.75) is 31.9 Å². The van der Waals surface area contributed by atoms with Crippen LogP contribution in [0.25, 0.3) is 0 Å². The van der Waals surface area contributed by atoms with Gasteiger partial charge in [0, 0.05) is 24.1 Å². The van der Waals surface area contributed by atoms with Crippen LogP contribution in [0.15, 0.2) is 15.9 Å². The molecular formula is C13H20BrNO2S. The molecule has 0 saturated carbocycles. The van der Waals surface area contributed by atoms with Gasteiger partial charge in [0.25, 0.3) is 0 Å². The number of hydrogen-bond donors (Lipinski definition) is 1. The smallest absolute Gasteiger partial charge is 0.0830 e. The fraction of sp³-hybridized carbons (Fsp3) is 0.692. The highest BCUT2D eigenvalue weighted by Crippen LogP contribution is 2.26. The van der Waals surface area contributed by atoms with Crippen LogP contribution in [0.2, 0.25) is 0 Å². The van der Waals surface area contributed by atoms with Crippen molar-refractivity contribution in [2.24, 2.45) is 0 Å². The molecule has 2 rings (SSSR count). The Hall–Kier alpha value is 0.0600. The second kappa shape index (κ2) is 7.60. The molecule has 1 aliphatic rings. The molecule has 0 aromatic carbocycles. The van der Waals surface area contributed by atoms with Gasteiger partial charge in [-0.15, -0.1) is 11.3 Å². The van der Waals surface area contributed by atoms with E-state index >= 15 is 0 Å². The van der Waals surface area contributed by atoms with Crippen molar-refractivity contribution in [1.29, 1.82) is 0 Å². The summed E-state index contributed by atoms with van der Waals surface area (Å²) >= 11 is 5.28. The van der Waals surface area contributed by atoms with E-state index in [9.17, 15) is 0 Å². The quantitative estimate of drug-likeness (QED) is 0.776. The molecule has 2 heterocycles. The van der Waals surface area contributed by atoms with Crippen molar-refractivity contribution in [3.8, 4) is 0 Å². The Kier molecular flexibility index (Phi) is 6.11. The van der Waals surface area contributed by atoms with Gasteiger partial charge in [-0.05, 0) is 54.4 Å². The minimum absolute atomic E-state index is 0.329. The summed E-state index contributed by atoms with van der Waals surface area (Å²) in [6.07, 6.45) is 2.43. The molecule has 1 saturated heterocycles. The van der Waals surface area contributed by atoms with E-state index < -0.39 is 0 Å². The largest absolute Gasteiger partial charge is 0.379 e. The third-order valence-corrected chi connectivity index (χ3v) is 4.84. The van der Waals surface area contributed by atoms with Gasteiger partial charge in [0.1, 0.15) is 0 Å². The third kappa shape index (κ3) is 4.63. The van der Waals surface area contributed by atoms with E-state index in [4.69, 9.17) is 9.47 Å².